The van der Waals surface area contributed by atoms with Gasteiger partial charge in [-0.1, -0.05) is 0 Å². The Morgan fingerprint density at radius 3 is 2.44 bits per heavy atom. The molecule has 0 spiro atoms. The molecule has 2 aromatic heterocycles. The molecule has 0 amide bonds. The molecule has 34 heavy (non-hydrogen) atoms. The van der Waals surface area contributed by atoms with E-state index in [0.29, 0.717) is 12.5 Å². The van der Waals surface area contributed by atoms with Crippen LogP contribution in [0.15, 0.2) is 42.9 Å². The Morgan fingerprint density at radius 1 is 1.18 bits per heavy atom. The monoisotopic (exact) mass is 500 g/mol. The van der Waals surface area contributed by atoms with Crippen LogP contribution in [-0.2, 0) is 22.7 Å². The Bertz CT molecular complexity index is 1410. The van der Waals surface area contributed by atoms with Crippen LogP contribution in [0, 0.1) is 0 Å². The molecule has 0 aliphatic carbocycles. The number of sulfonamides is 1. The molecule has 0 aliphatic rings. The molecule has 180 valence electrons. The summed E-state index contributed by atoms with van der Waals surface area (Å²) in [6, 6.07) is 5.25. The Hall–Kier alpha value is -4.01. The number of alkyl halides is 3. The fourth-order valence-electron chi connectivity index (χ4n) is 2.59. The third kappa shape index (κ3) is 5.86. The van der Waals surface area contributed by atoms with Crippen LogP contribution >= 0.6 is 0 Å². The van der Waals surface area contributed by atoms with E-state index >= 15 is 0 Å². The van der Waals surface area contributed by atoms with E-state index in [4.69, 9.17) is 9.22 Å². The molecule has 2 heterocycles. The number of hydrogen-bond donors (Lipinski definition) is 3. The van der Waals surface area contributed by atoms with Crippen molar-refractivity contribution in [3.8, 4) is 0 Å². The predicted octanol–water partition coefficient (Wildman–Crippen LogP) is 2.74. The predicted molar refractivity (Wildman–Crippen MR) is 116 cm³/mol. The van der Waals surface area contributed by atoms with Gasteiger partial charge in [0.2, 0.25) is 16.0 Å². The normalized spacial score (nSPS) is 13.4. The number of aromatic nitrogens is 4. The van der Waals surface area contributed by atoms with Crippen LogP contribution in [0.4, 0.5) is 36.4 Å². The molecule has 1 aromatic carbocycles. The van der Waals surface area contributed by atoms with Gasteiger partial charge in [0.1, 0.15) is 17.1 Å². The lowest BCUT2D eigenvalue weighted by atomic mass is 10.2. The SMILES string of the molecule is [2H]C([2H])([2H])N(c1nccnc1CNc1nc(Nc2ccc(C(=O)O)cc2)ncc1C(F)(F)F)S(C)(=O)=O. The van der Waals surface area contributed by atoms with Gasteiger partial charge in [-0.05, 0) is 24.3 Å². The van der Waals surface area contributed by atoms with E-state index < -0.39 is 52.9 Å². The van der Waals surface area contributed by atoms with Crippen LogP contribution in [0.1, 0.15) is 25.7 Å². The first kappa shape index (κ1) is 20.6. The van der Waals surface area contributed by atoms with Gasteiger partial charge in [-0.15, -0.1) is 0 Å². The third-order valence-electron chi connectivity index (χ3n) is 4.18. The van der Waals surface area contributed by atoms with Gasteiger partial charge in [-0.2, -0.15) is 18.2 Å². The smallest absolute Gasteiger partial charge is 0.421 e. The quantitative estimate of drug-likeness (QED) is 0.421. The number of carbonyl (C=O) groups is 1. The van der Waals surface area contributed by atoms with E-state index in [1.54, 1.807) is 0 Å². The van der Waals surface area contributed by atoms with Gasteiger partial charge in [-0.3, -0.25) is 9.29 Å². The maximum atomic E-state index is 13.6. The lowest BCUT2D eigenvalue weighted by Gasteiger charge is -2.19. The number of nitrogens with zero attached hydrogens (tertiary/aromatic N) is 5. The lowest BCUT2D eigenvalue weighted by molar-refractivity contribution is -0.137. The number of halogens is 3. The summed E-state index contributed by atoms with van der Waals surface area (Å²) in [6.45, 7) is -3.77. The van der Waals surface area contributed by atoms with E-state index in [2.05, 4.69) is 30.6 Å². The van der Waals surface area contributed by atoms with Crippen molar-refractivity contribution in [2.75, 3.05) is 28.2 Å². The molecule has 15 heteroatoms. The first-order chi connectivity index (χ1) is 17.1. The maximum absolute atomic E-state index is 13.6. The summed E-state index contributed by atoms with van der Waals surface area (Å²) in [6.07, 6.45) is -1.59. The zero-order chi connectivity index (χ0) is 27.6. The minimum Gasteiger partial charge on any atom is -0.478 e. The van der Waals surface area contributed by atoms with Gasteiger partial charge >= 0.3 is 12.1 Å². The molecule has 0 atom stereocenters. The molecule has 11 nitrogen and oxygen atoms in total. The fourth-order valence-corrected chi connectivity index (χ4v) is 3.05. The number of carboxylic acids is 1. The van der Waals surface area contributed by atoms with Crippen molar-refractivity contribution in [1.82, 2.24) is 19.9 Å². The van der Waals surface area contributed by atoms with Crippen LogP contribution in [0.2, 0.25) is 0 Å². The summed E-state index contributed by atoms with van der Waals surface area (Å²) < 4.78 is 87.7. The molecule has 3 rings (SSSR count). The Labute approximate surface area is 196 Å². The standard InChI is InChI=1S/C19H18F3N7O4S/c1-29(34(2,32)33)16-14(23-7-8-24-16)10-25-15-13(19(20,21)22)9-26-18(28-15)27-12-5-3-11(4-6-12)17(30)31/h3-9H,10H2,1-2H3,(H,30,31)(H2,25,26,27,28)/i1D3. The van der Waals surface area contributed by atoms with Crippen LogP contribution in [0.3, 0.4) is 0 Å². The number of rotatable bonds is 8. The number of nitrogens with one attached hydrogen (secondary N) is 2. The number of benzene rings is 1. The summed E-state index contributed by atoms with van der Waals surface area (Å²) in [5.41, 5.74) is -1.27. The van der Waals surface area contributed by atoms with E-state index in [0.717, 1.165) is 12.4 Å². The molecular weight excluding hydrogens is 479 g/mol. The second-order valence-electron chi connectivity index (χ2n) is 6.67. The van der Waals surface area contributed by atoms with E-state index in [9.17, 15) is 26.4 Å². The van der Waals surface area contributed by atoms with Crippen LogP contribution < -0.4 is 14.9 Å². The molecule has 0 aliphatic heterocycles. The molecule has 0 fully saturated rings. The largest absolute Gasteiger partial charge is 0.478 e. The highest BCUT2D eigenvalue weighted by Crippen LogP contribution is 2.34. The number of anilines is 4. The summed E-state index contributed by atoms with van der Waals surface area (Å²) in [5.74, 6) is -2.76. The van der Waals surface area contributed by atoms with Gasteiger partial charge in [0.05, 0.1) is 18.4 Å². The summed E-state index contributed by atoms with van der Waals surface area (Å²) in [4.78, 5) is 26.1. The van der Waals surface area contributed by atoms with E-state index in [-0.39, 0.29) is 27.2 Å². The second-order valence-corrected chi connectivity index (χ2v) is 8.50. The van der Waals surface area contributed by atoms with Gasteiger partial charge in [0, 0.05) is 35.4 Å². The zero-order valence-corrected chi connectivity index (χ0v) is 18.0. The molecule has 3 N–H and O–H groups in total. The molecule has 0 radical (unpaired) electrons. The van der Waals surface area contributed by atoms with Crippen molar-refractivity contribution in [1.29, 1.82) is 0 Å². The lowest BCUT2D eigenvalue weighted by Crippen LogP contribution is -2.27. The van der Waals surface area contributed by atoms with E-state index in [1.807, 2.05) is 0 Å². The highest BCUT2D eigenvalue weighted by molar-refractivity contribution is 7.92. The fraction of sp³-hybridized carbons (Fsp3) is 0.211. The molecule has 0 unspecified atom stereocenters. The molecule has 0 bridgehead atoms. The first-order valence-corrected chi connectivity index (χ1v) is 11.0. The van der Waals surface area contributed by atoms with Crippen molar-refractivity contribution in [2.45, 2.75) is 12.7 Å². The van der Waals surface area contributed by atoms with E-state index in [1.165, 1.54) is 24.3 Å². The minimum absolute atomic E-state index is 0.0128. The van der Waals surface area contributed by atoms with Crippen molar-refractivity contribution >= 4 is 39.3 Å². The summed E-state index contributed by atoms with van der Waals surface area (Å²) in [5, 5.41) is 14.0. The number of hydrogen-bond acceptors (Lipinski definition) is 9. The highest BCUT2D eigenvalue weighted by Gasteiger charge is 2.35. The van der Waals surface area contributed by atoms with Gasteiger partial charge in [0.25, 0.3) is 0 Å². The van der Waals surface area contributed by atoms with Crippen LogP contribution in [0.25, 0.3) is 0 Å². The van der Waals surface area contributed by atoms with Crippen LogP contribution in [-0.4, -0.2) is 52.7 Å². The van der Waals surface area contributed by atoms with Crippen molar-refractivity contribution in [3.63, 3.8) is 0 Å². The molecule has 3 aromatic rings. The maximum Gasteiger partial charge on any atom is 0.421 e. The van der Waals surface area contributed by atoms with Crippen molar-refractivity contribution in [3.05, 3.63) is 59.7 Å². The average Bonchev–Trinajstić information content (AvgIpc) is 2.76. The van der Waals surface area contributed by atoms with Gasteiger partial charge in [-0.25, -0.2) is 23.2 Å². The molecular formula is C19H18F3N7O4S. The number of aromatic carboxylic acids is 1. The number of carboxylic acid groups (broad SMARTS) is 1. The van der Waals surface area contributed by atoms with Gasteiger partial charge in [0.15, 0.2) is 5.82 Å². The average molecular weight is 500 g/mol. The van der Waals surface area contributed by atoms with Crippen LogP contribution in [0.5, 0.6) is 0 Å². The third-order valence-corrected chi connectivity index (χ3v) is 5.02. The molecule has 0 saturated carbocycles. The first-order valence-electron chi connectivity index (χ1n) is 10.7. The summed E-state index contributed by atoms with van der Waals surface area (Å²) >= 11 is 0. The second kappa shape index (κ2) is 9.46. The van der Waals surface area contributed by atoms with Gasteiger partial charge < -0.3 is 15.7 Å². The topological polar surface area (TPSA) is 150 Å². The highest BCUT2D eigenvalue weighted by atomic mass is 32.2. The summed E-state index contributed by atoms with van der Waals surface area (Å²) in [7, 11) is -4.37. The van der Waals surface area contributed by atoms with Crippen molar-refractivity contribution < 1.29 is 35.6 Å². The van der Waals surface area contributed by atoms with Crippen molar-refractivity contribution in [2.24, 2.45) is 0 Å². The Kier molecular flexibility index (Phi) is 5.73. The Morgan fingerprint density at radius 2 is 1.85 bits per heavy atom. The minimum atomic E-state index is -4.88. The Balaban J connectivity index is 1.95. The molecule has 0 saturated heterocycles. The zero-order valence-electron chi connectivity index (χ0n) is 20.2.